The molecule has 0 spiro atoms. The van der Waals surface area contributed by atoms with E-state index in [1.807, 2.05) is 30.3 Å². The van der Waals surface area contributed by atoms with Gasteiger partial charge >= 0.3 is 0 Å². The van der Waals surface area contributed by atoms with E-state index >= 15 is 0 Å². The van der Waals surface area contributed by atoms with Crippen molar-refractivity contribution >= 4 is 21.4 Å². The summed E-state index contributed by atoms with van der Waals surface area (Å²) in [6.07, 6.45) is 0. The van der Waals surface area contributed by atoms with Crippen molar-refractivity contribution in [2.75, 3.05) is 0 Å². The molecule has 2 heterocycles. The number of benzene rings is 1. The largest absolute Gasteiger partial charge is 0.338 e. The fourth-order valence-electron chi connectivity index (χ4n) is 1.68. The minimum absolute atomic E-state index is 0.0416. The lowest BCUT2D eigenvalue weighted by Crippen LogP contribution is -2.22. The highest BCUT2D eigenvalue weighted by atomic mass is 32.2. The molecule has 1 aromatic carbocycles. The van der Waals surface area contributed by atoms with Crippen LogP contribution in [0.4, 0.5) is 0 Å². The zero-order valence-electron chi connectivity index (χ0n) is 10.8. The number of sulfonamides is 1. The number of nitrogens with one attached hydrogen (secondary N) is 1. The minimum atomic E-state index is -3.53. The third-order valence-electron chi connectivity index (χ3n) is 2.67. The van der Waals surface area contributed by atoms with Gasteiger partial charge in [0.05, 0.1) is 6.54 Å². The highest BCUT2D eigenvalue weighted by Gasteiger charge is 2.16. The van der Waals surface area contributed by atoms with E-state index in [1.54, 1.807) is 11.4 Å². The topological polar surface area (TPSA) is 85.1 Å². The molecule has 8 heteroatoms. The van der Waals surface area contributed by atoms with E-state index in [9.17, 15) is 8.42 Å². The van der Waals surface area contributed by atoms with Gasteiger partial charge in [0.25, 0.3) is 10.0 Å². The molecule has 0 aliphatic rings. The number of nitrogens with zero attached hydrogens (tertiary/aromatic N) is 2. The summed E-state index contributed by atoms with van der Waals surface area (Å²) in [6.45, 7) is -0.0416. The highest BCUT2D eigenvalue weighted by Crippen LogP contribution is 2.17. The molecule has 3 aromatic rings. The lowest BCUT2D eigenvalue weighted by Gasteiger charge is -2.00. The van der Waals surface area contributed by atoms with E-state index in [4.69, 9.17) is 4.52 Å². The van der Waals surface area contributed by atoms with Crippen molar-refractivity contribution < 1.29 is 12.9 Å². The normalized spacial score (nSPS) is 11.6. The molecule has 0 fully saturated rings. The maximum absolute atomic E-state index is 12.0. The lowest BCUT2D eigenvalue weighted by atomic mass is 10.2. The van der Waals surface area contributed by atoms with Crippen LogP contribution < -0.4 is 4.72 Å². The van der Waals surface area contributed by atoms with Gasteiger partial charge in [-0.15, -0.1) is 11.3 Å². The third kappa shape index (κ3) is 3.18. The maximum atomic E-state index is 12.0. The zero-order valence-corrected chi connectivity index (χ0v) is 12.4. The first-order valence-electron chi connectivity index (χ1n) is 6.06. The predicted octanol–water partition coefficient (Wildman–Crippen LogP) is 2.28. The molecule has 6 nitrogen and oxygen atoms in total. The Balaban J connectivity index is 1.71. The van der Waals surface area contributed by atoms with Crippen LogP contribution in [-0.2, 0) is 16.6 Å². The molecule has 2 aromatic heterocycles. The fourth-order valence-corrected chi connectivity index (χ4v) is 3.69. The van der Waals surface area contributed by atoms with Gasteiger partial charge in [-0.25, -0.2) is 13.1 Å². The van der Waals surface area contributed by atoms with E-state index in [1.165, 1.54) is 6.07 Å². The van der Waals surface area contributed by atoms with E-state index < -0.39 is 10.0 Å². The first-order valence-corrected chi connectivity index (χ1v) is 8.42. The first-order chi connectivity index (χ1) is 10.1. The summed E-state index contributed by atoms with van der Waals surface area (Å²) in [6, 6.07) is 12.5. The van der Waals surface area contributed by atoms with Gasteiger partial charge in [0, 0.05) is 5.56 Å². The lowest BCUT2D eigenvalue weighted by molar-refractivity contribution is 0.376. The predicted molar refractivity (Wildman–Crippen MR) is 78.1 cm³/mol. The third-order valence-corrected chi connectivity index (χ3v) is 5.47. The van der Waals surface area contributed by atoms with Crippen molar-refractivity contribution in [1.82, 2.24) is 14.9 Å². The minimum Gasteiger partial charge on any atom is -0.338 e. The molecule has 0 saturated heterocycles. The SMILES string of the molecule is O=S(=O)(NCc1nc(-c2ccccc2)no1)c1cccs1. The summed E-state index contributed by atoms with van der Waals surface area (Å²) in [4.78, 5) is 4.16. The summed E-state index contributed by atoms with van der Waals surface area (Å²) < 4.78 is 31.6. The second kappa shape index (κ2) is 5.76. The Morgan fingerprint density at radius 3 is 2.67 bits per heavy atom. The van der Waals surface area contributed by atoms with Gasteiger partial charge in [0.1, 0.15) is 4.21 Å². The summed E-state index contributed by atoms with van der Waals surface area (Å²) in [5, 5.41) is 5.53. The van der Waals surface area contributed by atoms with Crippen LogP contribution in [0.3, 0.4) is 0 Å². The monoisotopic (exact) mass is 321 g/mol. The Morgan fingerprint density at radius 2 is 1.95 bits per heavy atom. The van der Waals surface area contributed by atoms with Gasteiger partial charge in [-0.1, -0.05) is 41.6 Å². The van der Waals surface area contributed by atoms with Gasteiger partial charge in [-0.05, 0) is 11.4 Å². The van der Waals surface area contributed by atoms with Crippen LogP contribution in [0.2, 0.25) is 0 Å². The van der Waals surface area contributed by atoms with E-state index in [0.717, 1.165) is 16.9 Å². The highest BCUT2D eigenvalue weighted by molar-refractivity contribution is 7.91. The van der Waals surface area contributed by atoms with Crippen LogP contribution in [0.25, 0.3) is 11.4 Å². The van der Waals surface area contributed by atoms with Crippen LogP contribution in [0, 0.1) is 0 Å². The van der Waals surface area contributed by atoms with Crippen molar-refractivity contribution in [1.29, 1.82) is 0 Å². The van der Waals surface area contributed by atoms with Gasteiger partial charge in [-0.3, -0.25) is 0 Å². The summed E-state index contributed by atoms with van der Waals surface area (Å²) >= 11 is 1.15. The molecule has 0 aliphatic carbocycles. The number of thiophene rings is 1. The maximum Gasteiger partial charge on any atom is 0.250 e. The van der Waals surface area contributed by atoms with Crippen molar-refractivity contribution in [3.8, 4) is 11.4 Å². The Kier molecular flexibility index (Phi) is 3.82. The molecule has 21 heavy (non-hydrogen) atoms. The van der Waals surface area contributed by atoms with Gasteiger partial charge in [0.15, 0.2) is 0 Å². The average molecular weight is 321 g/mol. The van der Waals surface area contributed by atoms with Gasteiger partial charge in [0.2, 0.25) is 11.7 Å². The molecule has 0 unspecified atom stereocenters. The number of rotatable bonds is 5. The van der Waals surface area contributed by atoms with Crippen molar-refractivity contribution in [3.05, 3.63) is 53.7 Å². The van der Waals surface area contributed by atoms with Crippen molar-refractivity contribution in [2.24, 2.45) is 0 Å². The molecule has 0 saturated carbocycles. The molecule has 0 radical (unpaired) electrons. The first kappa shape index (κ1) is 13.9. The van der Waals surface area contributed by atoms with Crippen LogP contribution in [0.15, 0.2) is 56.6 Å². The van der Waals surface area contributed by atoms with Crippen molar-refractivity contribution in [3.63, 3.8) is 0 Å². The second-order valence-corrected chi connectivity index (χ2v) is 7.08. The molecule has 0 bridgehead atoms. The van der Waals surface area contributed by atoms with Gasteiger partial charge in [-0.2, -0.15) is 4.98 Å². The summed E-state index contributed by atoms with van der Waals surface area (Å²) in [5.41, 5.74) is 0.814. The average Bonchev–Trinajstić information content (AvgIpc) is 3.18. The molecule has 108 valence electrons. The Bertz CT molecular complexity index is 811. The molecule has 0 atom stereocenters. The zero-order chi connectivity index (χ0) is 14.7. The summed E-state index contributed by atoms with van der Waals surface area (Å²) in [5.74, 6) is 0.648. The van der Waals surface area contributed by atoms with Gasteiger partial charge < -0.3 is 4.52 Å². The van der Waals surface area contributed by atoms with Crippen LogP contribution in [0.1, 0.15) is 5.89 Å². The molecule has 3 rings (SSSR count). The standard InChI is InChI=1S/C13H11N3O3S2/c17-21(18,12-7-4-8-20-12)14-9-11-15-13(16-19-11)10-5-2-1-3-6-10/h1-8,14H,9H2. The number of hydrogen-bond donors (Lipinski definition) is 1. The van der Waals surface area contributed by atoms with Crippen LogP contribution in [-0.4, -0.2) is 18.6 Å². The molecular weight excluding hydrogens is 310 g/mol. The molecule has 0 amide bonds. The smallest absolute Gasteiger partial charge is 0.250 e. The quantitative estimate of drug-likeness (QED) is 0.779. The molecule has 1 N–H and O–H groups in total. The Morgan fingerprint density at radius 1 is 1.14 bits per heavy atom. The number of hydrogen-bond acceptors (Lipinski definition) is 6. The molecular formula is C13H11N3O3S2. The van der Waals surface area contributed by atoms with Crippen LogP contribution in [0.5, 0.6) is 0 Å². The summed E-state index contributed by atoms with van der Waals surface area (Å²) in [7, 11) is -3.53. The number of aromatic nitrogens is 2. The van der Waals surface area contributed by atoms with E-state index in [0.29, 0.717) is 5.82 Å². The van der Waals surface area contributed by atoms with Crippen molar-refractivity contribution in [2.45, 2.75) is 10.8 Å². The second-order valence-electron chi connectivity index (χ2n) is 4.13. The van der Waals surface area contributed by atoms with E-state index in [-0.39, 0.29) is 16.6 Å². The Hall–Kier alpha value is -2.03. The Labute approximate surface area is 125 Å². The molecule has 0 aliphatic heterocycles. The fraction of sp³-hybridized carbons (Fsp3) is 0.0769. The van der Waals surface area contributed by atoms with Crippen LogP contribution >= 0.6 is 11.3 Å². The van der Waals surface area contributed by atoms with E-state index in [2.05, 4.69) is 14.9 Å².